The first-order chi connectivity index (χ1) is 10.2. The van der Waals surface area contributed by atoms with Gasteiger partial charge in [-0.2, -0.15) is 0 Å². The Morgan fingerprint density at radius 1 is 0.952 bits per heavy atom. The monoisotopic (exact) mass is 291 g/mol. The maximum Gasteiger partial charge on any atom is 0.0341 e. The topological polar surface area (TPSA) is 26.0 Å². The van der Waals surface area contributed by atoms with Crippen molar-refractivity contribution in [1.29, 1.82) is 0 Å². The van der Waals surface area contributed by atoms with Crippen molar-refractivity contribution >= 4 is 21.4 Å². The van der Waals surface area contributed by atoms with Crippen molar-refractivity contribution in [3.8, 4) is 0 Å². The first-order valence-corrected chi connectivity index (χ1v) is 8.45. The molecule has 1 aliphatic carbocycles. The van der Waals surface area contributed by atoms with Crippen LogP contribution in [0, 0.1) is 0 Å². The van der Waals surface area contributed by atoms with Crippen LogP contribution in [0.5, 0.6) is 0 Å². The highest BCUT2D eigenvalue weighted by Gasteiger charge is 2.21. The molecule has 2 heteroatoms. The Bertz CT molecular complexity index is 709. The summed E-state index contributed by atoms with van der Waals surface area (Å²) >= 11 is 0. The van der Waals surface area contributed by atoms with Crippen molar-refractivity contribution in [3.05, 3.63) is 82.1 Å². The van der Waals surface area contributed by atoms with Gasteiger partial charge in [-0.15, -0.1) is 0 Å². The highest BCUT2D eigenvalue weighted by atomic mass is 28.1. The molecule has 106 valence electrons. The molecule has 2 N–H and O–H groups in total. The molecule has 0 spiro atoms. The summed E-state index contributed by atoms with van der Waals surface area (Å²) in [7, 11) is 1.13. The lowest BCUT2D eigenvalue weighted by Gasteiger charge is -2.11. The van der Waals surface area contributed by atoms with E-state index in [1.165, 1.54) is 33.4 Å². The molecule has 0 aromatic heterocycles. The van der Waals surface area contributed by atoms with Crippen LogP contribution in [0.4, 0.5) is 0 Å². The summed E-state index contributed by atoms with van der Waals surface area (Å²) in [6, 6.07) is 19.5. The lowest BCUT2D eigenvalue weighted by Crippen LogP contribution is -1.96. The quantitative estimate of drug-likeness (QED) is 0.864. The summed E-state index contributed by atoms with van der Waals surface area (Å²) in [5.74, 6) is 0. The number of nitrogens with two attached hydrogens (primary N) is 1. The molecule has 21 heavy (non-hydrogen) atoms. The molecule has 0 atom stereocenters. The van der Waals surface area contributed by atoms with E-state index in [0.717, 1.165) is 16.7 Å². The molecule has 0 aliphatic heterocycles. The van der Waals surface area contributed by atoms with Gasteiger partial charge in [-0.3, -0.25) is 0 Å². The van der Waals surface area contributed by atoms with E-state index in [9.17, 15) is 0 Å². The summed E-state index contributed by atoms with van der Waals surface area (Å²) in [6.45, 7) is 2.88. The molecule has 2 aromatic carbocycles. The second-order valence-corrected chi connectivity index (χ2v) is 6.91. The fourth-order valence-corrected chi connectivity index (χ4v) is 3.61. The smallest absolute Gasteiger partial charge is 0.0341 e. The Hall–Kier alpha value is -1.90. The normalized spacial score (nSPS) is 15.1. The molecule has 1 aliphatic rings. The molecule has 3 rings (SSSR count). The zero-order chi connectivity index (χ0) is 14.8. The Balaban J connectivity index is 2.11. The van der Waals surface area contributed by atoms with E-state index in [1.54, 1.807) is 5.20 Å². The van der Waals surface area contributed by atoms with Crippen LogP contribution in [0.1, 0.15) is 30.0 Å². The zero-order valence-electron chi connectivity index (χ0n) is 12.7. The van der Waals surface area contributed by atoms with Gasteiger partial charge in [0.25, 0.3) is 0 Å². The Morgan fingerprint density at radius 2 is 1.62 bits per heavy atom. The van der Waals surface area contributed by atoms with Gasteiger partial charge in [0.2, 0.25) is 0 Å². The molecule has 0 unspecified atom stereocenters. The fraction of sp³-hybridized carbons (Fsp3) is 0.158. The predicted molar refractivity (Wildman–Crippen MR) is 94.8 cm³/mol. The van der Waals surface area contributed by atoms with Gasteiger partial charge >= 0.3 is 0 Å². The van der Waals surface area contributed by atoms with E-state index >= 15 is 0 Å². The van der Waals surface area contributed by atoms with Crippen LogP contribution in [0.15, 0.2) is 65.4 Å². The number of allylic oxidation sites excluding steroid dienone is 4. The van der Waals surface area contributed by atoms with Gasteiger partial charge in [0, 0.05) is 16.8 Å². The van der Waals surface area contributed by atoms with Crippen molar-refractivity contribution in [2.24, 2.45) is 5.73 Å². The molecule has 1 nitrogen and oxygen atoms in total. The van der Waals surface area contributed by atoms with Crippen LogP contribution in [0.2, 0.25) is 0 Å². The maximum atomic E-state index is 5.70. The van der Waals surface area contributed by atoms with Crippen LogP contribution in [0.25, 0.3) is 11.1 Å². The van der Waals surface area contributed by atoms with E-state index in [0.29, 0.717) is 6.54 Å². The van der Waals surface area contributed by atoms with Crippen molar-refractivity contribution in [3.63, 3.8) is 0 Å². The molecule has 0 radical (unpaired) electrons. The third kappa shape index (κ3) is 2.65. The molecule has 0 saturated heterocycles. The maximum absolute atomic E-state index is 5.70. The lowest BCUT2D eigenvalue weighted by atomic mass is 9.93. The highest BCUT2D eigenvalue weighted by molar-refractivity contribution is 6.27. The van der Waals surface area contributed by atoms with E-state index in [1.807, 2.05) is 0 Å². The van der Waals surface area contributed by atoms with Gasteiger partial charge in [-0.05, 0) is 46.8 Å². The summed E-state index contributed by atoms with van der Waals surface area (Å²) in [6.07, 6.45) is 1.10. The van der Waals surface area contributed by atoms with Crippen molar-refractivity contribution in [2.45, 2.75) is 19.9 Å². The Labute approximate surface area is 129 Å². The highest BCUT2D eigenvalue weighted by Crippen LogP contribution is 2.42. The van der Waals surface area contributed by atoms with Gasteiger partial charge in [0.05, 0.1) is 0 Å². The second kappa shape index (κ2) is 5.84. The summed E-state index contributed by atoms with van der Waals surface area (Å²) in [5.41, 5.74) is 13.9. The summed E-state index contributed by atoms with van der Waals surface area (Å²) in [5, 5.41) is 1.60. The minimum absolute atomic E-state index is 0.605. The predicted octanol–water partition coefficient (Wildman–Crippen LogP) is 3.10. The molecule has 2 aromatic rings. The summed E-state index contributed by atoms with van der Waals surface area (Å²) in [4.78, 5) is 0. The van der Waals surface area contributed by atoms with Crippen molar-refractivity contribution in [1.82, 2.24) is 0 Å². The van der Waals surface area contributed by atoms with Gasteiger partial charge in [0.15, 0.2) is 0 Å². The molecule has 0 saturated carbocycles. The fourth-order valence-electron chi connectivity index (χ4n) is 3.01. The van der Waals surface area contributed by atoms with Crippen LogP contribution in [-0.2, 0) is 6.54 Å². The second-order valence-electron chi connectivity index (χ2n) is 5.70. The zero-order valence-corrected chi connectivity index (χ0v) is 14.7. The minimum Gasteiger partial charge on any atom is -0.326 e. The Kier molecular flexibility index (Phi) is 3.91. The molecule has 0 heterocycles. The van der Waals surface area contributed by atoms with Crippen LogP contribution >= 0.6 is 0 Å². The first-order valence-electron chi connectivity index (χ1n) is 7.45. The van der Waals surface area contributed by atoms with Crippen LogP contribution < -0.4 is 5.73 Å². The van der Waals surface area contributed by atoms with E-state index in [2.05, 4.69) is 61.5 Å². The van der Waals surface area contributed by atoms with Crippen LogP contribution in [-0.4, -0.2) is 10.2 Å². The standard InChI is InChI=1S/C19H21NSi/c1-13-18(21)11-17(15-9-7-14(12-20)8-10-15)19(13)16-5-3-2-4-6-16/h2-10H,11-12,20H2,1,21H3. The van der Waals surface area contributed by atoms with Gasteiger partial charge in [-0.1, -0.05) is 59.8 Å². The average molecular weight is 291 g/mol. The van der Waals surface area contributed by atoms with E-state index in [-0.39, 0.29) is 0 Å². The Morgan fingerprint density at radius 3 is 2.24 bits per heavy atom. The molecular formula is C19H21NSi. The van der Waals surface area contributed by atoms with Crippen LogP contribution in [0.3, 0.4) is 0 Å². The summed E-state index contributed by atoms with van der Waals surface area (Å²) < 4.78 is 0. The van der Waals surface area contributed by atoms with Crippen molar-refractivity contribution in [2.75, 3.05) is 0 Å². The van der Waals surface area contributed by atoms with Gasteiger partial charge < -0.3 is 5.73 Å². The number of benzene rings is 2. The molecule has 0 amide bonds. The average Bonchev–Trinajstić information content (AvgIpc) is 2.84. The third-order valence-electron chi connectivity index (χ3n) is 4.36. The van der Waals surface area contributed by atoms with Crippen molar-refractivity contribution < 1.29 is 0 Å². The van der Waals surface area contributed by atoms with Gasteiger partial charge in [-0.25, -0.2) is 0 Å². The molecule has 0 bridgehead atoms. The third-order valence-corrected chi connectivity index (χ3v) is 5.46. The van der Waals surface area contributed by atoms with Gasteiger partial charge in [0.1, 0.15) is 0 Å². The molecule has 0 fully saturated rings. The lowest BCUT2D eigenvalue weighted by molar-refractivity contribution is 1.07. The minimum atomic E-state index is 0.605. The molecular weight excluding hydrogens is 270 g/mol. The first kappa shape index (κ1) is 14.1. The van der Waals surface area contributed by atoms with E-state index in [4.69, 9.17) is 5.73 Å². The number of rotatable bonds is 3. The number of hydrogen-bond donors (Lipinski definition) is 1. The largest absolute Gasteiger partial charge is 0.326 e. The number of hydrogen-bond acceptors (Lipinski definition) is 1. The van der Waals surface area contributed by atoms with E-state index < -0.39 is 0 Å². The SMILES string of the molecule is CC1=C([SiH3])CC(c2ccc(CN)cc2)=C1c1ccccc1.